The van der Waals surface area contributed by atoms with Gasteiger partial charge in [-0.25, -0.2) is 0 Å². The first-order valence-corrected chi connectivity index (χ1v) is 8.67. The van der Waals surface area contributed by atoms with E-state index in [4.69, 9.17) is 4.52 Å². The monoisotopic (exact) mass is 351 g/mol. The summed E-state index contributed by atoms with van der Waals surface area (Å²) in [4.78, 5) is 9.16. The van der Waals surface area contributed by atoms with E-state index in [2.05, 4.69) is 59.7 Å². The van der Waals surface area contributed by atoms with Crippen LogP contribution >= 0.6 is 0 Å². The number of hydrogen-bond donors (Lipinski definition) is 1. The highest BCUT2D eigenvalue weighted by Gasteiger charge is 2.19. The Bertz CT molecular complexity index is 844. The van der Waals surface area contributed by atoms with Gasteiger partial charge in [-0.05, 0) is 12.5 Å². The highest BCUT2D eigenvalue weighted by molar-refractivity contribution is 5.51. The Morgan fingerprint density at radius 1 is 1.08 bits per heavy atom. The maximum absolute atomic E-state index is 5.05. The van der Waals surface area contributed by atoms with Gasteiger partial charge in [0.1, 0.15) is 5.76 Å². The minimum Gasteiger partial charge on any atom is -0.360 e. The van der Waals surface area contributed by atoms with Crippen LogP contribution in [0.15, 0.2) is 47.1 Å². The standard InChI is InChI=1S/C18H21N7O/c1-14-11-16(23-26-14)20-17-12-19-22-18(21-17)25-9-7-24(8-10-25)13-15-5-3-2-4-6-15/h2-6,11-12H,7-10,13H2,1H3,(H,20,21,22,23). The number of anilines is 3. The molecule has 134 valence electrons. The summed E-state index contributed by atoms with van der Waals surface area (Å²) in [5.41, 5.74) is 1.34. The van der Waals surface area contributed by atoms with Crippen LogP contribution in [0, 0.1) is 6.92 Å². The molecular weight excluding hydrogens is 330 g/mol. The SMILES string of the molecule is Cc1cc(Nc2cnnc(N3CCN(Cc4ccccc4)CC3)n2)no1. The van der Waals surface area contributed by atoms with Crippen molar-refractivity contribution < 1.29 is 4.52 Å². The molecule has 4 rings (SSSR count). The molecule has 0 saturated carbocycles. The molecule has 0 amide bonds. The van der Waals surface area contributed by atoms with Gasteiger partial charge in [0.05, 0.1) is 6.20 Å². The van der Waals surface area contributed by atoms with Crippen LogP contribution in [0.25, 0.3) is 0 Å². The van der Waals surface area contributed by atoms with Crippen molar-refractivity contribution in [3.63, 3.8) is 0 Å². The zero-order valence-electron chi connectivity index (χ0n) is 14.7. The van der Waals surface area contributed by atoms with Crippen LogP contribution in [-0.4, -0.2) is 51.4 Å². The molecular formula is C18H21N7O. The van der Waals surface area contributed by atoms with E-state index in [0.717, 1.165) is 38.5 Å². The van der Waals surface area contributed by atoms with Crippen molar-refractivity contribution in [2.24, 2.45) is 0 Å². The smallest absolute Gasteiger partial charge is 0.247 e. The van der Waals surface area contributed by atoms with E-state index in [-0.39, 0.29) is 0 Å². The predicted octanol–water partition coefficient (Wildman–Crippen LogP) is 2.23. The van der Waals surface area contributed by atoms with Crippen molar-refractivity contribution in [2.45, 2.75) is 13.5 Å². The summed E-state index contributed by atoms with van der Waals surface area (Å²) in [5.74, 6) is 2.59. The van der Waals surface area contributed by atoms with Gasteiger partial charge in [0.25, 0.3) is 0 Å². The van der Waals surface area contributed by atoms with Crippen molar-refractivity contribution in [1.82, 2.24) is 25.2 Å². The molecule has 0 atom stereocenters. The molecule has 0 spiro atoms. The molecule has 0 bridgehead atoms. The van der Waals surface area contributed by atoms with Crippen LogP contribution in [0.5, 0.6) is 0 Å². The van der Waals surface area contributed by atoms with Gasteiger partial charge in [-0.15, -0.1) is 5.10 Å². The predicted molar refractivity (Wildman–Crippen MR) is 98.3 cm³/mol. The lowest BCUT2D eigenvalue weighted by atomic mass is 10.2. The quantitative estimate of drug-likeness (QED) is 0.749. The van der Waals surface area contributed by atoms with Gasteiger partial charge in [-0.2, -0.15) is 10.1 Å². The number of aromatic nitrogens is 4. The van der Waals surface area contributed by atoms with Crippen LogP contribution in [-0.2, 0) is 6.54 Å². The van der Waals surface area contributed by atoms with Crippen LogP contribution in [0.3, 0.4) is 0 Å². The summed E-state index contributed by atoms with van der Waals surface area (Å²) in [6.07, 6.45) is 1.58. The summed E-state index contributed by atoms with van der Waals surface area (Å²) in [6, 6.07) is 12.4. The van der Waals surface area contributed by atoms with Gasteiger partial charge < -0.3 is 14.7 Å². The second-order valence-corrected chi connectivity index (χ2v) is 6.34. The fraction of sp³-hybridized carbons (Fsp3) is 0.333. The zero-order chi connectivity index (χ0) is 17.8. The second-order valence-electron chi connectivity index (χ2n) is 6.34. The average molecular weight is 351 g/mol. The van der Waals surface area contributed by atoms with E-state index in [0.29, 0.717) is 17.6 Å². The molecule has 1 saturated heterocycles. The molecule has 8 nitrogen and oxygen atoms in total. The van der Waals surface area contributed by atoms with Gasteiger partial charge in [0.15, 0.2) is 11.6 Å². The average Bonchev–Trinajstić information content (AvgIpc) is 3.08. The Labute approximate surface area is 151 Å². The fourth-order valence-electron chi connectivity index (χ4n) is 2.99. The van der Waals surface area contributed by atoms with E-state index in [1.807, 2.05) is 19.1 Å². The molecule has 0 radical (unpaired) electrons. The third-order valence-corrected chi connectivity index (χ3v) is 4.34. The van der Waals surface area contributed by atoms with Crippen molar-refractivity contribution in [3.8, 4) is 0 Å². The Kier molecular flexibility index (Phi) is 4.74. The lowest BCUT2D eigenvalue weighted by molar-refractivity contribution is 0.248. The normalized spacial score (nSPS) is 15.2. The topological polar surface area (TPSA) is 83.2 Å². The first kappa shape index (κ1) is 16.5. The number of nitrogens with zero attached hydrogens (tertiary/aromatic N) is 6. The summed E-state index contributed by atoms with van der Waals surface area (Å²) in [5, 5.41) is 15.2. The maximum Gasteiger partial charge on any atom is 0.247 e. The fourth-order valence-corrected chi connectivity index (χ4v) is 2.99. The summed E-state index contributed by atoms with van der Waals surface area (Å²) < 4.78 is 5.05. The molecule has 3 aromatic rings. The summed E-state index contributed by atoms with van der Waals surface area (Å²) >= 11 is 0. The number of piperazine rings is 1. The number of rotatable bonds is 5. The number of hydrogen-bond acceptors (Lipinski definition) is 8. The summed E-state index contributed by atoms with van der Waals surface area (Å²) in [7, 11) is 0. The van der Waals surface area contributed by atoms with Crippen molar-refractivity contribution in [3.05, 3.63) is 53.9 Å². The lowest BCUT2D eigenvalue weighted by Crippen LogP contribution is -2.46. The molecule has 0 unspecified atom stereocenters. The second kappa shape index (κ2) is 7.49. The Morgan fingerprint density at radius 3 is 2.62 bits per heavy atom. The molecule has 8 heteroatoms. The van der Waals surface area contributed by atoms with Gasteiger partial charge in [-0.1, -0.05) is 35.5 Å². The van der Waals surface area contributed by atoms with Crippen molar-refractivity contribution >= 4 is 17.6 Å². The highest BCUT2D eigenvalue weighted by atomic mass is 16.5. The maximum atomic E-state index is 5.05. The third kappa shape index (κ3) is 3.97. The van der Waals surface area contributed by atoms with Crippen LogP contribution in [0.2, 0.25) is 0 Å². The minimum absolute atomic E-state index is 0.606. The minimum atomic E-state index is 0.606. The van der Waals surface area contributed by atoms with E-state index >= 15 is 0 Å². The molecule has 1 N–H and O–H groups in total. The largest absolute Gasteiger partial charge is 0.360 e. The Balaban J connectivity index is 1.36. The zero-order valence-corrected chi connectivity index (χ0v) is 14.7. The number of benzene rings is 1. The molecule has 3 heterocycles. The first-order valence-electron chi connectivity index (χ1n) is 8.67. The van der Waals surface area contributed by atoms with E-state index < -0.39 is 0 Å². The van der Waals surface area contributed by atoms with Crippen LogP contribution < -0.4 is 10.2 Å². The van der Waals surface area contributed by atoms with Gasteiger partial charge in [0.2, 0.25) is 5.95 Å². The molecule has 26 heavy (non-hydrogen) atoms. The van der Waals surface area contributed by atoms with Gasteiger partial charge in [-0.3, -0.25) is 4.90 Å². The summed E-state index contributed by atoms with van der Waals surface area (Å²) in [6.45, 7) is 6.51. The van der Waals surface area contributed by atoms with Crippen molar-refractivity contribution in [2.75, 3.05) is 36.4 Å². The van der Waals surface area contributed by atoms with Crippen LogP contribution in [0.4, 0.5) is 17.6 Å². The Morgan fingerprint density at radius 2 is 1.88 bits per heavy atom. The highest BCUT2D eigenvalue weighted by Crippen LogP contribution is 2.17. The van der Waals surface area contributed by atoms with Crippen LogP contribution in [0.1, 0.15) is 11.3 Å². The number of aryl methyl sites for hydroxylation is 1. The van der Waals surface area contributed by atoms with Gasteiger partial charge >= 0.3 is 0 Å². The lowest BCUT2D eigenvalue weighted by Gasteiger charge is -2.34. The van der Waals surface area contributed by atoms with E-state index in [1.165, 1.54) is 5.56 Å². The number of nitrogens with one attached hydrogen (secondary N) is 1. The molecule has 2 aromatic heterocycles. The van der Waals surface area contributed by atoms with Crippen molar-refractivity contribution in [1.29, 1.82) is 0 Å². The third-order valence-electron chi connectivity index (χ3n) is 4.34. The van der Waals surface area contributed by atoms with E-state index in [1.54, 1.807) is 6.20 Å². The Hall–Kier alpha value is -3.00. The first-order chi connectivity index (χ1) is 12.8. The molecule has 1 aliphatic heterocycles. The van der Waals surface area contributed by atoms with E-state index in [9.17, 15) is 0 Å². The molecule has 1 aliphatic rings. The molecule has 0 aliphatic carbocycles. The molecule has 1 aromatic carbocycles. The molecule has 1 fully saturated rings. The van der Waals surface area contributed by atoms with Gasteiger partial charge in [0, 0.05) is 38.8 Å².